The predicted molar refractivity (Wildman–Crippen MR) is 138 cm³/mol. The minimum absolute atomic E-state index is 0. The summed E-state index contributed by atoms with van der Waals surface area (Å²) in [7, 11) is 1.32. The van der Waals surface area contributed by atoms with Crippen molar-refractivity contribution in [3.05, 3.63) is 51.6 Å². The predicted octanol–water partition coefficient (Wildman–Crippen LogP) is 1.40. The van der Waals surface area contributed by atoms with Crippen molar-refractivity contribution in [3.63, 3.8) is 0 Å². The van der Waals surface area contributed by atoms with Gasteiger partial charge < -0.3 is 40.4 Å². The van der Waals surface area contributed by atoms with Crippen LogP contribution in [0, 0.1) is 0 Å². The zero-order valence-corrected chi connectivity index (χ0v) is 22.4. The maximum atomic E-state index is 13.6. The van der Waals surface area contributed by atoms with Gasteiger partial charge in [0.05, 0.1) is 36.0 Å². The number of aromatic hydroxyl groups is 2. The lowest BCUT2D eigenvalue weighted by Crippen LogP contribution is -2.54. The molecule has 0 radical (unpaired) electrons. The van der Waals surface area contributed by atoms with E-state index in [4.69, 9.17) is 19.9 Å². The number of benzene rings is 2. The van der Waals surface area contributed by atoms with E-state index < -0.39 is 95.7 Å². The summed E-state index contributed by atoms with van der Waals surface area (Å²) < 4.78 is 30.2. The first-order chi connectivity index (χ1) is 18.4. The van der Waals surface area contributed by atoms with Gasteiger partial charge in [0.2, 0.25) is 5.78 Å². The number of rotatable bonds is 5. The fraction of sp³-hybridized carbons (Fsp3) is 0.444. The van der Waals surface area contributed by atoms with Crippen LogP contribution in [-0.2, 0) is 20.7 Å². The Morgan fingerprint density at radius 3 is 2.48 bits per heavy atom. The molecule has 6 N–H and O–H groups in total. The van der Waals surface area contributed by atoms with E-state index in [1.54, 1.807) is 0 Å². The fourth-order valence-electron chi connectivity index (χ4n) is 5.67. The minimum atomic E-state index is -2.07. The summed E-state index contributed by atoms with van der Waals surface area (Å²) >= 11 is 0. The number of ketones is 3. The van der Waals surface area contributed by atoms with Crippen LogP contribution in [0.15, 0.2) is 18.2 Å². The van der Waals surface area contributed by atoms with Gasteiger partial charge in [-0.3, -0.25) is 14.4 Å². The molecule has 13 heteroatoms. The van der Waals surface area contributed by atoms with Crippen molar-refractivity contribution in [1.29, 1.82) is 0 Å². The van der Waals surface area contributed by atoms with Gasteiger partial charge in [0, 0.05) is 42.0 Å². The van der Waals surface area contributed by atoms with E-state index in [9.17, 15) is 39.2 Å². The third kappa shape index (κ3) is 4.44. The molecule has 6 atom stereocenters. The highest BCUT2D eigenvalue weighted by Gasteiger charge is 2.49. The topological polar surface area (TPSA) is 186 Å². The Kier molecular flexibility index (Phi) is 7.98. The zero-order chi connectivity index (χ0) is 28.4. The van der Waals surface area contributed by atoms with Gasteiger partial charge in [-0.15, -0.1) is 12.4 Å². The van der Waals surface area contributed by atoms with Crippen LogP contribution in [0.25, 0.3) is 0 Å². The average Bonchev–Trinajstić information content (AvgIpc) is 2.90. The van der Waals surface area contributed by atoms with E-state index >= 15 is 0 Å². The van der Waals surface area contributed by atoms with E-state index in [-0.39, 0.29) is 46.8 Å². The number of alkyl halides is 1. The molecule has 3 aliphatic rings. The van der Waals surface area contributed by atoms with Gasteiger partial charge in [0.15, 0.2) is 17.9 Å². The Bertz CT molecular complexity index is 1400. The number of carbonyl (C=O) groups excluding carboxylic acids is 3. The van der Waals surface area contributed by atoms with Crippen LogP contribution in [0.5, 0.6) is 17.2 Å². The molecule has 2 aromatic carbocycles. The number of methoxy groups -OCH3 is 1. The van der Waals surface area contributed by atoms with Gasteiger partial charge in [-0.1, -0.05) is 12.1 Å². The number of phenolic OH excluding ortho intramolecular Hbond substituents is 2. The van der Waals surface area contributed by atoms with E-state index in [1.807, 2.05) is 0 Å². The monoisotopic (exact) mass is 581 g/mol. The molecule has 2 aliphatic carbocycles. The number of aliphatic hydroxyl groups is 2. The van der Waals surface area contributed by atoms with Crippen molar-refractivity contribution < 1.29 is 53.4 Å². The van der Waals surface area contributed by atoms with Crippen molar-refractivity contribution in [3.8, 4) is 17.2 Å². The summed E-state index contributed by atoms with van der Waals surface area (Å²) in [5.74, 6) is -3.48. The van der Waals surface area contributed by atoms with Crippen LogP contribution in [0.4, 0.5) is 4.39 Å². The van der Waals surface area contributed by atoms with Crippen LogP contribution in [0.3, 0.4) is 0 Å². The summed E-state index contributed by atoms with van der Waals surface area (Å²) in [5.41, 5.74) is 2.47. The van der Waals surface area contributed by atoms with Gasteiger partial charge in [0.25, 0.3) is 0 Å². The maximum absolute atomic E-state index is 13.6. The smallest absolute Gasteiger partial charge is 0.202 e. The quantitative estimate of drug-likeness (QED) is 0.274. The number of phenols is 2. The molecule has 5 rings (SSSR count). The number of aliphatic hydroxyl groups excluding tert-OH is 1. The highest BCUT2D eigenvalue weighted by Crippen LogP contribution is 2.52. The number of hydrogen-bond acceptors (Lipinski definition) is 11. The lowest BCUT2D eigenvalue weighted by molar-refractivity contribution is -0.253. The summed E-state index contributed by atoms with van der Waals surface area (Å²) in [6.45, 7) is 0.0713. The third-order valence-corrected chi connectivity index (χ3v) is 7.81. The van der Waals surface area contributed by atoms with Crippen molar-refractivity contribution in [1.82, 2.24) is 0 Å². The van der Waals surface area contributed by atoms with Gasteiger partial charge in [0.1, 0.15) is 35.6 Å². The van der Waals surface area contributed by atoms with E-state index in [0.717, 1.165) is 6.92 Å². The number of nitrogens with two attached hydrogens (primary N) is 1. The number of ether oxygens (including phenoxy) is 3. The van der Waals surface area contributed by atoms with Gasteiger partial charge in [-0.2, -0.15) is 0 Å². The lowest BCUT2D eigenvalue weighted by atomic mass is 9.72. The molecular formula is C27H29ClFNO10. The second-order valence-corrected chi connectivity index (χ2v) is 10.1. The maximum Gasteiger partial charge on any atom is 0.202 e. The summed E-state index contributed by atoms with van der Waals surface area (Å²) in [6.07, 6.45) is -6.18. The first-order valence-electron chi connectivity index (χ1n) is 12.3. The molecule has 1 saturated heterocycles. The van der Waals surface area contributed by atoms with Crippen LogP contribution < -0.4 is 10.5 Å². The van der Waals surface area contributed by atoms with E-state index in [1.165, 1.54) is 25.3 Å². The first-order valence-corrected chi connectivity index (χ1v) is 12.3. The van der Waals surface area contributed by atoms with Crippen LogP contribution in [0.1, 0.15) is 68.8 Å². The number of hydrogen-bond donors (Lipinski definition) is 5. The number of fused-ring (bicyclic) bond motifs is 3. The molecule has 0 amide bonds. The Morgan fingerprint density at radius 2 is 1.85 bits per heavy atom. The van der Waals surface area contributed by atoms with Gasteiger partial charge >= 0.3 is 0 Å². The zero-order valence-electron chi connectivity index (χ0n) is 21.5. The van der Waals surface area contributed by atoms with Crippen LogP contribution in [-0.4, -0.2) is 81.7 Å². The van der Waals surface area contributed by atoms with Crippen molar-refractivity contribution in [2.24, 2.45) is 5.73 Å². The Morgan fingerprint density at radius 1 is 1.18 bits per heavy atom. The molecule has 0 saturated carbocycles. The SMILES string of the molecule is COc1cccc2c1C(=O)c1c(O)c3c(c(O)c1C2=O)C[C@@](O)(C(C)=O)CC3OC1CC(N)C(O)C(CF)O1.Cl. The number of Topliss-reactive ketones (excluding diaryl/α,β-unsaturated/α-hetero) is 1. The molecule has 0 spiro atoms. The fourth-order valence-corrected chi connectivity index (χ4v) is 5.67. The molecule has 11 nitrogen and oxygen atoms in total. The third-order valence-electron chi connectivity index (χ3n) is 7.81. The second kappa shape index (κ2) is 10.7. The number of carbonyl (C=O) groups is 3. The summed E-state index contributed by atoms with van der Waals surface area (Å²) in [6, 6.07) is 3.43. The molecular weight excluding hydrogens is 553 g/mol. The molecule has 0 aromatic heterocycles. The summed E-state index contributed by atoms with van der Waals surface area (Å²) in [5, 5.41) is 44.0. The first kappa shape index (κ1) is 29.8. The van der Waals surface area contributed by atoms with E-state index in [0.29, 0.717) is 0 Å². The second-order valence-electron chi connectivity index (χ2n) is 10.1. The molecule has 0 bridgehead atoms. The standard InChI is InChI=1S/C27H28FNO10.ClH/c1-10(30)27(36)7-12-19(15(8-27)38-17-6-13(29)24(33)16(9-28)39-17)26(35)21-20(23(12)32)22(31)11-4-3-5-14(37-2)18(11)25(21)34;/h3-5,13,15-17,24,32-33,35-36H,6-9,29H2,1-2H3;1H/t13?,15?,16?,17?,24?,27-;/m0./s1. The van der Waals surface area contributed by atoms with Gasteiger partial charge in [-0.25, -0.2) is 4.39 Å². The molecule has 1 aliphatic heterocycles. The average molecular weight is 582 g/mol. The van der Waals surface area contributed by atoms with E-state index in [2.05, 4.69) is 0 Å². The molecule has 1 fully saturated rings. The molecule has 216 valence electrons. The minimum Gasteiger partial charge on any atom is -0.507 e. The molecule has 5 unspecified atom stereocenters. The molecule has 2 aromatic rings. The highest BCUT2D eigenvalue weighted by molar-refractivity contribution is 6.31. The van der Waals surface area contributed by atoms with Crippen LogP contribution in [0.2, 0.25) is 0 Å². The largest absolute Gasteiger partial charge is 0.507 e. The number of halogens is 2. The van der Waals surface area contributed by atoms with Crippen molar-refractivity contribution in [2.75, 3.05) is 13.8 Å². The lowest BCUT2D eigenvalue weighted by Gasteiger charge is -2.42. The van der Waals surface area contributed by atoms with Crippen molar-refractivity contribution >= 4 is 29.8 Å². The Hall–Kier alpha value is -3.13. The summed E-state index contributed by atoms with van der Waals surface area (Å²) in [4.78, 5) is 39.6. The van der Waals surface area contributed by atoms with Crippen LogP contribution >= 0.6 is 12.4 Å². The van der Waals surface area contributed by atoms with Crippen molar-refractivity contribution in [2.45, 2.75) is 62.4 Å². The van der Waals surface area contributed by atoms with Gasteiger partial charge in [-0.05, 0) is 13.0 Å². The highest BCUT2D eigenvalue weighted by atomic mass is 35.5. The Labute approximate surface area is 234 Å². The molecule has 1 heterocycles. The normalized spacial score (nSPS) is 29.1. The molecule has 40 heavy (non-hydrogen) atoms. The Balaban J connectivity index is 0.00000370.